The zero-order chi connectivity index (χ0) is 7.78. The van der Waals surface area contributed by atoms with E-state index in [9.17, 15) is 0 Å². The van der Waals surface area contributed by atoms with Crippen LogP contribution in [0.2, 0.25) is 0 Å². The largest absolute Gasteiger partial charge is 0.296 e. The molecule has 0 bridgehead atoms. The van der Waals surface area contributed by atoms with Crippen molar-refractivity contribution in [2.75, 3.05) is 13.1 Å². The molecule has 1 heterocycles. The lowest BCUT2D eigenvalue weighted by Crippen LogP contribution is -2.55. The molecule has 0 saturated carbocycles. The van der Waals surface area contributed by atoms with Gasteiger partial charge in [0.2, 0.25) is 4.46 Å². The first kappa shape index (κ1) is 9.17. The van der Waals surface area contributed by atoms with Gasteiger partial charge in [-0.1, -0.05) is 23.2 Å². The van der Waals surface area contributed by atoms with Crippen LogP contribution < -0.4 is 5.32 Å². The fraction of sp³-hybridized carbons (Fsp3) is 1.00. The lowest BCUT2D eigenvalue weighted by atomic mass is 10.4. The van der Waals surface area contributed by atoms with Crippen LogP contribution in [0.25, 0.3) is 0 Å². The molecule has 10 heavy (non-hydrogen) atoms. The second kappa shape index (κ2) is 3.21. The summed E-state index contributed by atoms with van der Waals surface area (Å²) in [4.78, 5) is 0. The number of rotatable bonds is 0. The van der Waals surface area contributed by atoms with Gasteiger partial charge in [0.1, 0.15) is 5.50 Å². The van der Waals surface area contributed by atoms with Gasteiger partial charge in [-0.15, -0.1) is 11.6 Å². The smallest absolute Gasteiger partial charge is 0.213 e. The molecule has 0 aromatic carbocycles. The van der Waals surface area contributed by atoms with Crippen LogP contribution in [0.3, 0.4) is 0 Å². The molecule has 1 aliphatic heterocycles. The normalized spacial score (nSPS) is 34.2. The number of nitrogens with zero attached hydrogens (tertiary/aromatic N) is 1. The van der Waals surface area contributed by atoms with Crippen LogP contribution in [0.5, 0.6) is 0 Å². The predicted octanol–water partition coefficient (Wildman–Crippen LogP) is 1.74. The van der Waals surface area contributed by atoms with Gasteiger partial charge < -0.3 is 0 Å². The molecule has 2 nitrogen and oxygen atoms in total. The quantitative estimate of drug-likeness (QED) is 0.383. The van der Waals surface area contributed by atoms with Gasteiger partial charge in [-0.3, -0.25) is 5.32 Å². The number of alkyl halides is 3. The lowest BCUT2D eigenvalue weighted by Gasteiger charge is -2.36. The highest BCUT2D eigenvalue weighted by Gasteiger charge is 2.42. The summed E-state index contributed by atoms with van der Waals surface area (Å²) in [6, 6.07) is 0. The Morgan fingerprint density at radius 2 is 2.10 bits per heavy atom. The molecule has 6 heteroatoms. The lowest BCUT2D eigenvalue weighted by molar-refractivity contribution is 0.295. The summed E-state index contributed by atoms with van der Waals surface area (Å²) in [5, 5.41) is 2.88. The third-order valence-corrected chi connectivity index (χ3v) is 3.41. The molecule has 1 N–H and O–H groups in total. The van der Waals surface area contributed by atoms with Gasteiger partial charge in [-0.2, -0.15) is 4.42 Å². The SMILES string of the molecule is ClC1NCCN(Cl)C1(Cl)Cl. The Labute approximate surface area is 79.5 Å². The van der Waals surface area contributed by atoms with Gasteiger partial charge in [-0.25, -0.2) is 0 Å². The summed E-state index contributed by atoms with van der Waals surface area (Å²) in [5.74, 6) is 0. The topological polar surface area (TPSA) is 15.3 Å². The Kier molecular flexibility index (Phi) is 2.95. The molecule has 0 aromatic rings. The van der Waals surface area contributed by atoms with E-state index in [-0.39, 0.29) is 0 Å². The molecular weight excluding hydrogens is 218 g/mol. The fourth-order valence-corrected chi connectivity index (χ4v) is 1.47. The molecule has 1 unspecified atom stereocenters. The monoisotopic (exact) mass is 222 g/mol. The van der Waals surface area contributed by atoms with Gasteiger partial charge in [0, 0.05) is 13.1 Å². The molecule has 0 aliphatic carbocycles. The average Bonchev–Trinajstić information content (AvgIpc) is 1.84. The van der Waals surface area contributed by atoms with Crippen molar-refractivity contribution in [1.29, 1.82) is 0 Å². The van der Waals surface area contributed by atoms with Crippen molar-refractivity contribution in [3.8, 4) is 0 Å². The zero-order valence-electron chi connectivity index (χ0n) is 4.95. The molecule has 0 aromatic heterocycles. The van der Waals surface area contributed by atoms with E-state index in [4.69, 9.17) is 46.6 Å². The van der Waals surface area contributed by atoms with E-state index in [1.807, 2.05) is 0 Å². The molecular formula is C4H6Cl4N2. The highest BCUT2D eigenvalue weighted by Crippen LogP contribution is 2.35. The first-order chi connectivity index (χ1) is 4.55. The number of piperazine rings is 1. The highest BCUT2D eigenvalue weighted by atomic mass is 35.5. The van der Waals surface area contributed by atoms with Crippen molar-refractivity contribution in [3.05, 3.63) is 0 Å². The van der Waals surface area contributed by atoms with Crippen LogP contribution in [0, 0.1) is 0 Å². The Hall–Kier alpha value is 1.08. The Bertz CT molecular complexity index is 116. The van der Waals surface area contributed by atoms with Crippen LogP contribution in [0.15, 0.2) is 0 Å². The number of nitrogens with one attached hydrogen (secondary N) is 1. The summed E-state index contributed by atoms with van der Waals surface area (Å²) in [7, 11) is 0. The van der Waals surface area contributed by atoms with Crippen molar-refractivity contribution in [2.45, 2.75) is 9.96 Å². The Morgan fingerprint density at radius 3 is 2.50 bits per heavy atom. The van der Waals surface area contributed by atoms with Crippen molar-refractivity contribution in [2.24, 2.45) is 0 Å². The highest BCUT2D eigenvalue weighted by molar-refractivity contribution is 6.53. The molecule has 1 saturated heterocycles. The molecule has 1 fully saturated rings. The second-order valence-electron chi connectivity index (χ2n) is 1.99. The second-order valence-corrected chi connectivity index (χ2v) is 4.18. The summed E-state index contributed by atoms with van der Waals surface area (Å²) in [6.07, 6.45) is 0. The number of hydrogen-bond acceptors (Lipinski definition) is 2. The number of halogens is 4. The van der Waals surface area contributed by atoms with Gasteiger partial charge in [0.15, 0.2) is 0 Å². The van der Waals surface area contributed by atoms with Crippen molar-refractivity contribution in [3.63, 3.8) is 0 Å². The van der Waals surface area contributed by atoms with E-state index in [1.165, 1.54) is 4.42 Å². The summed E-state index contributed by atoms with van der Waals surface area (Å²) < 4.78 is 0.0750. The predicted molar refractivity (Wildman–Crippen MR) is 44.6 cm³/mol. The van der Waals surface area contributed by atoms with Crippen molar-refractivity contribution < 1.29 is 0 Å². The van der Waals surface area contributed by atoms with Gasteiger partial charge in [-0.05, 0) is 11.8 Å². The maximum absolute atomic E-state index is 5.74. The van der Waals surface area contributed by atoms with Crippen LogP contribution in [0.4, 0.5) is 0 Å². The standard InChI is InChI=1S/C4H6Cl4N2/c5-3-4(6,7)10(8)2-1-9-3/h3,9H,1-2H2. The van der Waals surface area contributed by atoms with Crippen molar-refractivity contribution in [1.82, 2.24) is 9.74 Å². The molecule has 1 aliphatic rings. The zero-order valence-corrected chi connectivity index (χ0v) is 7.97. The van der Waals surface area contributed by atoms with Crippen LogP contribution in [-0.2, 0) is 0 Å². The first-order valence-corrected chi connectivity index (χ1v) is 4.27. The van der Waals surface area contributed by atoms with Gasteiger partial charge in [0.05, 0.1) is 0 Å². The van der Waals surface area contributed by atoms with E-state index in [0.717, 1.165) is 0 Å². The Balaban J connectivity index is 2.63. The Morgan fingerprint density at radius 1 is 1.50 bits per heavy atom. The minimum atomic E-state index is -1.21. The molecule has 0 spiro atoms. The maximum atomic E-state index is 5.74. The van der Waals surface area contributed by atoms with Crippen LogP contribution in [-0.4, -0.2) is 27.5 Å². The van der Waals surface area contributed by atoms with E-state index >= 15 is 0 Å². The summed E-state index contributed by atoms with van der Waals surface area (Å²) >= 11 is 22.8. The summed E-state index contributed by atoms with van der Waals surface area (Å²) in [5.41, 5.74) is -0.526. The molecule has 60 valence electrons. The summed E-state index contributed by atoms with van der Waals surface area (Å²) in [6.45, 7) is 1.27. The molecule has 1 atom stereocenters. The first-order valence-electron chi connectivity index (χ1n) is 2.74. The third-order valence-electron chi connectivity index (χ3n) is 1.26. The van der Waals surface area contributed by atoms with Gasteiger partial charge in [0.25, 0.3) is 0 Å². The van der Waals surface area contributed by atoms with E-state index in [1.54, 1.807) is 0 Å². The van der Waals surface area contributed by atoms with E-state index in [0.29, 0.717) is 13.1 Å². The minimum Gasteiger partial charge on any atom is -0.296 e. The third kappa shape index (κ3) is 1.63. The van der Waals surface area contributed by atoms with Crippen LogP contribution in [0.1, 0.15) is 0 Å². The van der Waals surface area contributed by atoms with E-state index < -0.39 is 9.96 Å². The van der Waals surface area contributed by atoms with Crippen LogP contribution >= 0.6 is 46.6 Å². The molecule has 0 radical (unpaired) electrons. The van der Waals surface area contributed by atoms with Crippen molar-refractivity contribution >= 4 is 46.6 Å². The van der Waals surface area contributed by atoms with Gasteiger partial charge >= 0.3 is 0 Å². The maximum Gasteiger partial charge on any atom is 0.213 e. The minimum absolute atomic E-state index is 0.526. The fourth-order valence-electron chi connectivity index (χ4n) is 0.684. The average molecular weight is 224 g/mol. The number of hydrogen-bond donors (Lipinski definition) is 1. The molecule has 0 amide bonds. The van der Waals surface area contributed by atoms with E-state index in [2.05, 4.69) is 5.32 Å². The molecule has 1 rings (SSSR count).